The third-order valence-electron chi connectivity index (χ3n) is 3.35. The summed E-state index contributed by atoms with van der Waals surface area (Å²) in [6, 6.07) is 9.97. The number of rotatable bonds is 6. The lowest BCUT2D eigenvalue weighted by molar-refractivity contribution is 0.577. The zero-order chi connectivity index (χ0) is 17.5. The van der Waals surface area contributed by atoms with E-state index in [1.54, 1.807) is 24.5 Å². The first kappa shape index (κ1) is 16.7. The van der Waals surface area contributed by atoms with E-state index in [2.05, 4.69) is 30.8 Å². The van der Waals surface area contributed by atoms with E-state index < -0.39 is 0 Å². The number of nitrogens with one attached hydrogen (secondary N) is 3. The van der Waals surface area contributed by atoms with E-state index >= 15 is 0 Å². The first-order chi connectivity index (χ1) is 12.2. The van der Waals surface area contributed by atoms with Crippen LogP contribution in [0.25, 0.3) is 11.6 Å². The summed E-state index contributed by atoms with van der Waals surface area (Å²) in [6.07, 6.45) is 1.58. The van der Waals surface area contributed by atoms with Gasteiger partial charge in [-0.25, -0.2) is 14.4 Å². The molecule has 0 amide bonds. The predicted octanol–water partition coefficient (Wildman–Crippen LogP) is 2.46. The maximum Gasteiger partial charge on any atom is 0.216 e. The molecule has 0 aliphatic rings. The molecule has 0 radical (unpaired) electrons. The fourth-order valence-electron chi connectivity index (χ4n) is 2.21. The van der Waals surface area contributed by atoms with E-state index in [1.165, 1.54) is 12.1 Å². The van der Waals surface area contributed by atoms with Crippen LogP contribution in [0.3, 0.4) is 0 Å². The number of guanidine groups is 1. The van der Waals surface area contributed by atoms with Gasteiger partial charge in [0.15, 0.2) is 11.7 Å². The van der Waals surface area contributed by atoms with Crippen molar-refractivity contribution in [2.45, 2.75) is 20.0 Å². The van der Waals surface area contributed by atoms with Gasteiger partial charge in [0, 0.05) is 6.54 Å². The van der Waals surface area contributed by atoms with Crippen LogP contribution in [-0.4, -0.2) is 27.7 Å². The Balaban J connectivity index is 1.61. The molecule has 7 nitrogen and oxygen atoms in total. The number of hydrogen-bond donors (Lipinski definition) is 3. The molecular weight excluding hydrogens is 323 g/mol. The molecule has 3 aromatic rings. The van der Waals surface area contributed by atoms with Crippen molar-refractivity contribution in [3.05, 3.63) is 59.9 Å². The van der Waals surface area contributed by atoms with Crippen LogP contribution in [0.15, 0.2) is 52.1 Å². The SMILES string of the molecule is CCNC(=NCc1cccc(F)c1)NCc1nc(-c2ccco2)n[nH]1. The van der Waals surface area contributed by atoms with Gasteiger partial charge in [-0.2, -0.15) is 0 Å². The third kappa shape index (κ3) is 4.66. The number of furan rings is 1. The highest BCUT2D eigenvalue weighted by Crippen LogP contribution is 2.14. The van der Waals surface area contributed by atoms with Gasteiger partial charge in [0.2, 0.25) is 5.82 Å². The summed E-state index contributed by atoms with van der Waals surface area (Å²) in [6.45, 7) is 3.48. The van der Waals surface area contributed by atoms with E-state index in [0.717, 1.165) is 5.56 Å². The van der Waals surface area contributed by atoms with Crippen molar-refractivity contribution >= 4 is 5.96 Å². The highest BCUT2D eigenvalue weighted by molar-refractivity contribution is 5.79. The minimum absolute atomic E-state index is 0.266. The zero-order valence-corrected chi connectivity index (χ0v) is 13.8. The predicted molar refractivity (Wildman–Crippen MR) is 92.1 cm³/mol. The molecule has 3 rings (SSSR count). The van der Waals surface area contributed by atoms with Crippen LogP contribution in [-0.2, 0) is 13.1 Å². The number of hydrogen-bond acceptors (Lipinski definition) is 4. The van der Waals surface area contributed by atoms with E-state index in [-0.39, 0.29) is 5.82 Å². The van der Waals surface area contributed by atoms with E-state index in [0.29, 0.717) is 43.0 Å². The van der Waals surface area contributed by atoms with E-state index in [1.807, 2.05) is 13.0 Å². The molecule has 3 N–H and O–H groups in total. The molecule has 2 heterocycles. The van der Waals surface area contributed by atoms with Crippen LogP contribution >= 0.6 is 0 Å². The normalized spacial score (nSPS) is 11.5. The Hall–Kier alpha value is -3.16. The minimum atomic E-state index is -0.266. The summed E-state index contributed by atoms with van der Waals surface area (Å²) in [5, 5.41) is 13.3. The van der Waals surface area contributed by atoms with Gasteiger partial charge in [0.1, 0.15) is 11.6 Å². The number of aromatic nitrogens is 3. The Labute approximate surface area is 144 Å². The number of aromatic amines is 1. The highest BCUT2D eigenvalue weighted by atomic mass is 19.1. The van der Waals surface area contributed by atoms with E-state index in [4.69, 9.17) is 4.42 Å². The summed E-state index contributed by atoms with van der Waals surface area (Å²) < 4.78 is 18.5. The summed E-state index contributed by atoms with van der Waals surface area (Å²) in [5.41, 5.74) is 0.803. The molecule has 0 aliphatic carbocycles. The molecule has 0 atom stereocenters. The summed E-state index contributed by atoms with van der Waals surface area (Å²) in [4.78, 5) is 8.80. The van der Waals surface area contributed by atoms with Crippen molar-refractivity contribution in [2.75, 3.05) is 6.54 Å². The molecule has 0 saturated carbocycles. The topological polar surface area (TPSA) is 91.1 Å². The Morgan fingerprint density at radius 1 is 1.28 bits per heavy atom. The van der Waals surface area contributed by atoms with Crippen LogP contribution in [0, 0.1) is 5.82 Å². The first-order valence-electron chi connectivity index (χ1n) is 7.96. The quantitative estimate of drug-likeness (QED) is 0.473. The summed E-state index contributed by atoms with van der Waals surface area (Å²) in [5.74, 6) is 2.11. The second kappa shape index (κ2) is 8.09. The van der Waals surface area contributed by atoms with Crippen molar-refractivity contribution in [1.82, 2.24) is 25.8 Å². The molecular formula is C17H19FN6O. The number of nitrogens with zero attached hydrogens (tertiary/aromatic N) is 3. The molecule has 0 aliphatic heterocycles. The summed E-state index contributed by atoms with van der Waals surface area (Å²) >= 11 is 0. The summed E-state index contributed by atoms with van der Waals surface area (Å²) in [7, 11) is 0. The second-order valence-corrected chi connectivity index (χ2v) is 5.26. The standard InChI is InChI=1S/C17H19FN6O/c1-2-19-17(20-10-12-5-3-6-13(18)9-12)21-11-15-22-16(24-23-15)14-7-4-8-25-14/h3-9H,2,10-11H2,1H3,(H2,19,20,21)(H,22,23,24). The average molecular weight is 342 g/mol. The molecule has 0 bridgehead atoms. The largest absolute Gasteiger partial charge is 0.461 e. The number of halogens is 1. The number of aliphatic imine (C=N–C) groups is 1. The molecule has 8 heteroatoms. The average Bonchev–Trinajstić information content (AvgIpc) is 3.28. The lowest BCUT2D eigenvalue weighted by Crippen LogP contribution is -2.37. The molecule has 130 valence electrons. The second-order valence-electron chi connectivity index (χ2n) is 5.26. The third-order valence-corrected chi connectivity index (χ3v) is 3.35. The highest BCUT2D eigenvalue weighted by Gasteiger charge is 2.08. The molecule has 25 heavy (non-hydrogen) atoms. The zero-order valence-electron chi connectivity index (χ0n) is 13.8. The van der Waals surface area contributed by atoms with Crippen molar-refractivity contribution in [3.63, 3.8) is 0 Å². The molecule has 0 fully saturated rings. The van der Waals surface area contributed by atoms with Gasteiger partial charge < -0.3 is 15.1 Å². The van der Waals surface area contributed by atoms with Crippen LogP contribution in [0.4, 0.5) is 4.39 Å². The molecule has 0 saturated heterocycles. The Morgan fingerprint density at radius 3 is 2.96 bits per heavy atom. The van der Waals surface area contributed by atoms with Crippen molar-refractivity contribution in [2.24, 2.45) is 4.99 Å². The molecule has 0 spiro atoms. The molecule has 0 unspecified atom stereocenters. The maximum atomic E-state index is 13.2. The number of H-pyrrole nitrogens is 1. The van der Waals surface area contributed by atoms with Crippen molar-refractivity contribution < 1.29 is 8.81 Å². The van der Waals surface area contributed by atoms with E-state index in [9.17, 15) is 4.39 Å². The van der Waals surface area contributed by atoms with Crippen LogP contribution in [0.2, 0.25) is 0 Å². The van der Waals surface area contributed by atoms with Gasteiger partial charge in [0.25, 0.3) is 0 Å². The van der Waals surface area contributed by atoms with Gasteiger partial charge >= 0.3 is 0 Å². The molecule has 2 aromatic heterocycles. The fourth-order valence-corrected chi connectivity index (χ4v) is 2.21. The lowest BCUT2D eigenvalue weighted by atomic mass is 10.2. The molecule has 1 aromatic carbocycles. The van der Waals surface area contributed by atoms with Gasteiger partial charge in [-0.3, -0.25) is 5.10 Å². The first-order valence-corrected chi connectivity index (χ1v) is 7.96. The Bertz CT molecular complexity index is 827. The van der Waals surface area contributed by atoms with Crippen molar-refractivity contribution in [1.29, 1.82) is 0 Å². The Kier molecular flexibility index (Phi) is 5.40. The lowest BCUT2D eigenvalue weighted by Gasteiger charge is -2.10. The monoisotopic (exact) mass is 342 g/mol. The van der Waals surface area contributed by atoms with Crippen molar-refractivity contribution in [3.8, 4) is 11.6 Å². The maximum absolute atomic E-state index is 13.2. The van der Waals surface area contributed by atoms with Gasteiger partial charge in [-0.1, -0.05) is 12.1 Å². The van der Waals surface area contributed by atoms with Gasteiger partial charge in [0.05, 0.1) is 19.4 Å². The van der Waals surface area contributed by atoms with Gasteiger partial charge in [-0.15, -0.1) is 5.10 Å². The fraction of sp³-hybridized carbons (Fsp3) is 0.235. The van der Waals surface area contributed by atoms with Crippen LogP contribution < -0.4 is 10.6 Å². The smallest absolute Gasteiger partial charge is 0.216 e. The minimum Gasteiger partial charge on any atom is -0.461 e. The Morgan fingerprint density at radius 2 is 2.20 bits per heavy atom. The van der Waals surface area contributed by atoms with Crippen LogP contribution in [0.5, 0.6) is 0 Å². The van der Waals surface area contributed by atoms with Gasteiger partial charge in [-0.05, 0) is 36.8 Å². The van der Waals surface area contributed by atoms with Crippen LogP contribution in [0.1, 0.15) is 18.3 Å². The number of benzene rings is 1.